The number of nitrogens with one attached hydrogen (secondary N) is 1. The van der Waals surface area contributed by atoms with Gasteiger partial charge in [0.1, 0.15) is 5.82 Å². The number of nitrogens with zero attached hydrogens (tertiary/aromatic N) is 2. The summed E-state index contributed by atoms with van der Waals surface area (Å²) in [6.07, 6.45) is 0.944. The summed E-state index contributed by atoms with van der Waals surface area (Å²) in [5.41, 5.74) is 2.14. The zero-order valence-electron chi connectivity index (χ0n) is 11.2. The van der Waals surface area contributed by atoms with Gasteiger partial charge in [0.15, 0.2) is 0 Å². The van der Waals surface area contributed by atoms with Crippen molar-refractivity contribution in [2.24, 2.45) is 0 Å². The lowest BCUT2D eigenvalue weighted by atomic mass is 10.2. The molecule has 0 aliphatic rings. The van der Waals surface area contributed by atoms with E-state index in [1.165, 1.54) is 0 Å². The van der Waals surface area contributed by atoms with Gasteiger partial charge in [-0.2, -0.15) is 5.10 Å². The fraction of sp³-hybridized carbons (Fsp3) is 0.750. The SMILES string of the molecule is COCCC(C)Nc1c(C)c(C)nn1CCO. The maximum atomic E-state index is 9.01. The van der Waals surface area contributed by atoms with E-state index in [1.807, 2.05) is 18.5 Å². The number of hydrogen-bond donors (Lipinski definition) is 2. The first-order valence-corrected chi connectivity index (χ1v) is 6.00. The van der Waals surface area contributed by atoms with Gasteiger partial charge in [0.05, 0.1) is 18.8 Å². The molecule has 0 saturated heterocycles. The molecule has 1 aromatic rings. The van der Waals surface area contributed by atoms with Crippen molar-refractivity contribution >= 4 is 5.82 Å². The van der Waals surface area contributed by atoms with Crippen LogP contribution in [0.4, 0.5) is 5.82 Å². The lowest BCUT2D eigenvalue weighted by molar-refractivity contribution is 0.191. The standard InChI is InChI=1S/C12H23N3O2/c1-9(5-8-17-4)13-12-10(2)11(3)14-15(12)6-7-16/h9,13,16H,5-8H2,1-4H3. The van der Waals surface area contributed by atoms with Crippen LogP contribution in [0, 0.1) is 13.8 Å². The van der Waals surface area contributed by atoms with Gasteiger partial charge in [-0.3, -0.25) is 0 Å². The molecular weight excluding hydrogens is 218 g/mol. The van der Waals surface area contributed by atoms with Gasteiger partial charge in [-0.25, -0.2) is 4.68 Å². The van der Waals surface area contributed by atoms with Crippen molar-refractivity contribution in [2.75, 3.05) is 25.6 Å². The molecule has 1 unspecified atom stereocenters. The molecule has 5 heteroatoms. The average Bonchev–Trinajstić information content (AvgIpc) is 2.55. The quantitative estimate of drug-likeness (QED) is 0.756. The first-order valence-electron chi connectivity index (χ1n) is 6.00. The van der Waals surface area contributed by atoms with E-state index in [9.17, 15) is 0 Å². The first-order chi connectivity index (χ1) is 8.10. The van der Waals surface area contributed by atoms with Gasteiger partial charge < -0.3 is 15.2 Å². The zero-order chi connectivity index (χ0) is 12.8. The molecule has 0 aliphatic carbocycles. The second-order valence-corrected chi connectivity index (χ2v) is 4.33. The fourth-order valence-electron chi connectivity index (χ4n) is 1.71. The maximum absolute atomic E-state index is 9.01. The first kappa shape index (κ1) is 14.0. The van der Waals surface area contributed by atoms with Crippen molar-refractivity contribution in [3.8, 4) is 0 Å². The molecular formula is C12H23N3O2. The Morgan fingerprint density at radius 1 is 1.47 bits per heavy atom. The van der Waals surface area contributed by atoms with Crippen molar-refractivity contribution in [3.63, 3.8) is 0 Å². The Morgan fingerprint density at radius 3 is 2.76 bits per heavy atom. The highest BCUT2D eigenvalue weighted by Crippen LogP contribution is 2.19. The Morgan fingerprint density at radius 2 is 2.18 bits per heavy atom. The van der Waals surface area contributed by atoms with Gasteiger partial charge in [-0.15, -0.1) is 0 Å². The number of hydrogen-bond acceptors (Lipinski definition) is 4. The van der Waals surface area contributed by atoms with Gasteiger partial charge in [0, 0.05) is 25.3 Å². The van der Waals surface area contributed by atoms with Crippen LogP contribution in [-0.2, 0) is 11.3 Å². The van der Waals surface area contributed by atoms with Crippen LogP contribution in [0.3, 0.4) is 0 Å². The number of aliphatic hydroxyl groups is 1. The van der Waals surface area contributed by atoms with E-state index in [-0.39, 0.29) is 6.61 Å². The number of aryl methyl sites for hydroxylation is 1. The van der Waals surface area contributed by atoms with Gasteiger partial charge in [0.2, 0.25) is 0 Å². The maximum Gasteiger partial charge on any atom is 0.127 e. The molecule has 0 amide bonds. The van der Waals surface area contributed by atoms with E-state index >= 15 is 0 Å². The predicted molar refractivity (Wildman–Crippen MR) is 68.4 cm³/mol. The van der Waals surface area contributed by atoms with Crippen LogP contribution in [0.2, 0.25) is 0 Å². The molecule has 0 saturated carbocycles. The molecule has 5 nitrogen and oxygen atoms in total. The molecule has 1 atom stereocenters. The summed E-state index contributed by atoms with van der Waals surface area (Å²) in [4.78, 5) is 0. The molecule has 0 aromatic carbocycles. The Hall–Kier alpha value is -1.07. The summed E-state index contributed by atoms with van der Waals surface area (Å²) in [5, 5.41) is 16.8. The van der Waals surface area contributed by atoms with Crippen LogP contribution >= 0.6 is 0 Å². The Balaban J connectivity index is 2.74. The van der Waals surface area contributed by atoms with Crippen molar-refractivity contribution in [3.05, 3.63) is 11.3 Å². The van der Waals surface area contributed by atoms with E-state index in [0.717, 1.165) is 30.1 Å². The highest BCUT2D eigenvalue weighted by Gasteiger charge is 2.13. The monoisotopic (exact) mass is 241 g/mol. The molecule has 0 aliphatic heterocycles. The second kappa shape index (κ2) is 6.61. The van der Waals surface area contributed by atoms with Crippen LogP contribution < -0.4 is 5.32 Å². The Labute approximate surface area is 103 Å². The van der Waals surface area contributed by atoms with Gasteiger partial charge >= 0.3 is 0 Å². The number of methoxy groups -OCH3 is 1. The molecule has 0 fully saturated rings. The fourth-order valence-corrected chi connectivity index (χ4v) is 1.71. The lowest BCUT2D eigenvalue weighted by Gasteiger charge is -2.16. The molecule has 98 valence electrons. The van der Waals surface area contributed by atoms with Gasteiger partial charge in [-0.05, 0) is 27.2 Å². The molecule has 17 heavy (non-hydrogen) atoms. The minimum absolute atomic E-state index is 0.0989. The summed E-state index contributed by atoms with van der Waals surface area (Å²) >= 11 is 0. The molecule has 2 N–H and O–H groups in total. The number of aliphatic hydroxyl groups excluding tert-OH is 1. The van der Waals surface area contributed by atoms with Crippen LogP contribution in [0.1, 0.15) is 24.6 Å². The molecule has 1 aromatic heterocycles. The third-order valence-corrected chi connectivity index (χ3v) is 2.88. The van der Waals surface area contributed by atoms with Crippen LogP contribution in [0.15, 0.2) is 0 Å². The minimum atomic E-state index is 0.0989. The number of ether oxygens (including phenoxy) is 1. The summed E-state index contributed by atoms with van der Waals surface area (Å²) in [6, 6.07) is 0.321. The topological polar surface area (TPSA) is 59.3 Å². The average molecular weight is 241 g/mol. The van der Waals surface area contributed by atoms with Crippen molar-refractivity contribution in [1.29, 1.82) is 0 Å². The smallest absolute Gasteiger partial charge is 0.127 e. The van der Waals surface area contributed by atoms with E-state index in [4.69, 9.17) is 9.84 Å². The number of rotatable bonds is 7. The normalized spacial score (nSPS) is 12.8. The summed E-state index contributed by atoms with van der Waals surface area (Å²) in [7, 11) is 1.71. The molecule has 0 spiro atoms. The molecule has 0 radical (unpaired) electrons. The molecule has 1 heterocycles. The predicted octanol–water partition coefficient (Wildman–Crippen LogP) is 1.33. The van der Waals surface area contributed by atoms with Crippen LogP contribution in [-0.4, -0.2) is 41.3 Å². The third kappa shape index (κ3) is 3.71. The number of aromatic nitrogens is 2. The second-order valence-electron chi connectivity index (χ2n) is 4.33. The highest BCUT2D eigenvalue weighted by molar-refractivity contribution is 5.47. The highest BCUT2D eigenvalue weighted by atomic mass is 16.5. The Bertz CT molecular complexity index is 350. The van der Waals surface area contributed by atoms with Crippen LogP contribution in [0.5, 0.6) is 0 Å². The summed E-state index contributed by atoms with van der Waals surface area (Å²) in [5.74, 6) is 1.00. The van der Waals surface area contributed by atoms with Crippen LogP contribution in [0.25, 0.3) is 0 Å². The zero-order valence-corrected chi connectivity index (χ0v) is 11.2. The van der Waals surface area contributed by atoms with E-state index in [0.29, 0.717) is 12.6 Å². The Kier molecular flexibility index (Phi) is 5.44. The minimum Gasteiger partial charge on any atom is -0.394 e. The van der Waals surface area contributed by atoms with E-state index in [2.05, 4.69) is 17.3 Å². The van der Waals surface area contributed by atoms with Gasteiger partial charge in [-0.1, -0.05) is 0 Å². The van der Waals surface area contributed by atoms with Crippen molar-refractivity contribution in [2.45, 2.75) is 39.8 Å². The summed E-state index contributed by atoms with van der Waals surface area (Å²) < 4.78 is 6.89. The third-order valence-electron chi connectivity index (χ3n) is 2.88. The van der Waals surface area contributed by atoms with Crippen molar-refractivity contribution < 1.29 is 9.84 Å². The van der Waals surface area contributed by atoms with Crippen molar-refractivity contribution in [1.82, 2.24) is 9.78 Å². The number of anilines is 1. The van der Waals surface area contributed by atoms with E-state index < -0.39 is 0 Å². The van der Waals surface area contributed by atoms with Gasteiger partial charge in [0.25, 0.3) is 0 Å². The largest absolute Gasteiger partial charge is 0.394 e. The molecule has 1 rings (SSSR count). The molecule has 0 bridgehead atoms. The van der Waals surface area contributed by atoms with E-state index in [1.54, 1.807) is 7.11 Å². The summed E-state index contributed by atoms with van der Waals surface area (Å²) in [6.45, 7) is 7.50. The lowest BCUT2D eigenvalue weighted by Crippen LogP contribution is -2.21.